The summed E-state index contributed by atoms with van der Waals surface area (Å²) < 4.78 is 6.06. The van der Waals surface area contributed by atoms with Crippen molar-refractivity contribution in [1.82, 2.24) is 25.1 Å². The molecule has 0 bridgehead atoms. The van der Waals surface area contributed by atoms with E-state index in [2.05, 4.69) is 15.4 Å². The summed E-state index contributed by atoms with van der Waals surface area (Å²) in [6.07, 6.45) is -0.626. The number of esters is 1. The third kappa shape index (κ3) is 4.03. The molecule has 0 saturated carbocycles. The van der Waals surface area contributed by atoms with Crippen LogP contribution in [0, 0.1) is 6.92 Å². The van der Waals surface area contributed by atoms with E-state index in [1.807, 2.05) is 60.7 Å². The molecule has 3 aromatic rings. The van der Waals surface area contributed by atoms with E-state index in [-0.39, 0.29) is 23.5 Å². The van der Waals surface area contributed by atoms with Gasteiger partial charge >= 0.3 is 5.97 Å². The number of carbonyl (C=O) groups excluding carboxylic acids is 2. The Kier molecular flexibility index (Phi) is 5.69. The molecule has 2 aromatic carbocycles. The number of aromatic nitrogens is 4. The van der Waals surface area contributed by atoms with Crippen LogP contribution in [0.5, 0.6) is 0 Å². The van der Waals surface area contributed by atoms with Crippen LogP contribution in [-0.2, 0) is 20.9 Å². The predicted molar refractivity (Wildman–Crippen MR) is 121 cm³/mol. The maximum atomic E-state index is 13.6. The lowest BCUT2D eigenvalue weighted by molar-refractivity contribution is -0.153. The number of tetrazole rings is 1. The molecule has 2 aliphatic heterocycles. The average molecular weight is 463 g/mol. The Balaban J connectivity index is 1.51. The summed E-state index contributed by atoms with van der Waals surface area (Å²) in [5.41, 5.74) is 8.58. The first-order valence-corrected chi connectivity index (χ1v) is 11.6. The molecule has 1 aromatic heterocycles. The van der Waals surface area contributed by atoms with Gasteiger partial charge in [-0.15, -0.1) is 22.0 Å². The van der Waals surface area contributed by atoms with Gasteiger partial charge in [0.15, 0.2) is 11.9 Å². The Hall–Kier alpha value is -3.50. The van der Waals surface area contributed by atoms with E-state index in [4.69, 9.17) is 10.5 Å². The number of β-lactam (4-membered cyclic amide) rings is 1. The zero-order valence-corrected chi connectivity index (χ0v) is 18.7. The molecular formula is C23H22N6O3S. The number of hydrogen-bond donors (Lipinski definition) is 1. The summed E-state index contributed by atoms with van der Waals surface area (Å²) in [7, 11) is 0. The highest BCUT2D eigenvalue weighted by Gasteiger charge is 2.52. The van der Waals surface area contributed by atoms with Gasteiger partial charge in [-0.1, -0.05) is 60.7 Å². The van der Waals surface area contributed by atoms with Crippen molar-refractivity contribution in [2.75, 3.05) is 5.75 Å². The molecule has 2 N–H and O–H groups in total. The number of rotatable bonds is 6. The van der Waals surface area contributed by atoms with Crippen LogP contribution >= 0.6 is 11.8 Å². The fraction of sp³-hybridized carbons (Fsp3) is 0.261. The second-order valence-corrected chi connectivity index (χ2v) is 8.97. The summed E-state index contributed by atoms with van der Waals surface area (Å²) in [6, 6.07) is 18.4. The quantitative estimate of drug-likeness (QED) is 0.436. The monoisotopic (exact) mass is 462 g/mol. The molecule has 10 heteroatoms. The fourth-order valence-electron chi connectivity index (χ4n) is 4.00. The van der Waals surface area contributed by atoms with Crippen molar-refractivity contribution in [2.45, 2.75) is 31.0 Å². The predicted octanol–water partition coefficient (Wildman–Crippen LogP) is 1.81. The Morgan fingerprint density at radius 3 is 2.36 bits per heavy atom. The number of ether oxygens (including phenoxy) is 1. The van der Waals surface area contributed by atoms with Gasteiger partial charge in [0.05, 0.1) is 6.54 Å². The summed E-state index contributed by atoms with van der Waals surface area (Å²) in [5.74, 6) is 0.158. The fourth-order valence-corrected chi connectivity index (χ4v) is 5.28. The standard InChI is InChI=1S/C23H22N6O3S/c1-14-25-27-28(26-14)12-17-13-33-22-18(24)21(30)29(22)19(17)23(31)32-20(15-8-4-2-5-9-15)16-10-6-3-7-11-16/h2-11,18,20,22H,12-13,24H2,1H3/t18?,22-/m1/s1. The molecule has 2 atom stereocenters. The van der Waals surface area contributed by atoms with Gasteiger partial charge in [-0.25, -0.2) is 4.79 Å². The minimum absolute atomic E-state index is 0.220. The molecule has 0 spiro atoms. The number of benzene rings is 2. The van der Waals surface area contributed by atoms with E-state index in [0.29, 0.717) is 17.2 Å². The largest absolute Gasteiger partial charge is 0.448 e. The number of nitrogens with two attached hydrogens (primary N) is 1. The highest BCUT2D eigenvalue weighted by atomic mass is 32.2. The van der Waals surface area contributed by atoms with Crippen molar-refractivity contribution in [1.29, 1.82) is 0 Å². The second-order valence-electron chi connectivity index (χ2n) is 7.86. The Labute approximate surface area is 194 Å². The minimum atomic E-state index is -0.634. The molecule has 1 amide bonds. The first-order chi connectivity index (χ1) is 16.0. The lowest BCUT2D eigenvalue weighted by Gasteiger charge is -2.48. The van der Waals surface area contributed by atoms with E-state index in [1.165, 1.54) is 21.5 Å². The first kappa shape index (κ1) is 21.4. The van der Waals surface area contributed by atoms with Crippen molar-refractivity contribution in [3.63, 3.8) is 0 Å². The zero-order chi connectivity index (χ0) is 22.9. The summed E-state index contributed by atoms with van der Waals surface area (Å²) in [5, 5.41) is 11.8. The molecule has 0 aliphatic carbocycles. The van der Waals surface area contributed by atoms with Crippen LogP contribution in [0.1, 0.15) is 23.1 Å². The number of hydrogen-bond acceptors (Lipinski definition) is 8. The van der Waals surface area contributed by atoms with Crippen molar-refractivity contribution in [3.05, 3.63) is 88.9 Å². The molecule has 33 heavy (non-hydrogen) atoms. The Morgan fingerprint density at radius 2 is 1.79 bits per heavy atom. The topological polar surface area (TPSA) is 116 Å². The summed E-state index contributed by atoms with van der Waals surface area (Å²) in [4.78, 5) is 29.1. The van der Waals surface area contributed by atoms with Gasteiger partial charge in [0.1, 0.15) is 17.1 Å². The lowest BCUT2D eigenvalue weighted by Crippen LogP contribution is -2.68. The van der Waals surface area contributed by atoms with Crippen LogP contribution in [0.2, 0.25) is 0 Å². The smallest absolute Gasteiger partial charge is 0.356 e. The van der Waals surface area contributed by atoms with Crippen LogP contribution < -0.4 is 5.73 Å². The van der Waals surface area contributed by atoms with Gasteiger partial charge < -0.3 is 10.5 Å². The number of nitrogens with zero attached hydrogens (tertiary/aromatic N) is 5. The molecule has 5 rings (SSSR count). The van der Waals surface area contributed by atoms with Crippen molar-refractivity contribution >= 4 is 23.6 Å². The molecule has 1 fully saturated rings. The van der Waals surface area contributed by atoms with Crippen LogP contribution in [0.3, 0.4) is 0 Å². The molecule has 3 heterocycles. The van der Waals surface area contributed by atoms with Crippen LogP contribution in [0.4, 0.5) is 0 Å². The number of thioether (sulfide) groups is 1. The molecular weight excluding hydrogens is 440 g/mol. The van der Waals surface area contributed by atoms with Gasteiger partial charge in [-0.2, -0.15) is 4.80 Å². The van der Waals surface area contributed by atoms with E-state index >= 15 is 0 Å². The van der Waals surface area contributed by atoms with Gasteiger partial charge in [-0.05, 0) is 28.8 Å². The molecule has 9 nitrogen and oxygen atoms in total. The highest BCUT2D eigenvalue weighted by Crippen LogP contribution is 2.41. The molecule has 1 saturated heterocycles. The molecule has 168 valence electrons. The normalized spacial score (nSPS) is 20.0. The minimum Gasteiger partial charge on any atom is -0.448 e. The number of amides is 1. The molecule has 0 radical (unpaired) electrons. The lowest BCUT2D eigenvalue weighted by atomic mass is 10.0. The van der Waals surface area contributed by atoms with E-state index < -0.39 is 18.1 Å². The first-order valence-electron chi connectivity index (χ1n) is 10.5. The number of carbonyl (C=O) groups is 2. The average Bonchev–Trinajstić information content (AvgIpc) is 3.27. The number of fused-ring (bicyclic) bond motifs is 1. The molecule has 2 aliphatic rings. The van der Waals surface area contributed by atoms with Crippen molar-refractivity contribution in [2.24, 2.45) is 5.73 Å². The highest BCUT2D eigenvalue weighted by molar-refractivity contribution is 8.00. The van der Waals surface area contributed by atoms with Crippen LogP contribution in [-0.4, -0.2) is 54.2 Å². The Morgan fingerprint density at radius 1 is 1.15 bits per heavy atom. The zero-order valence-electron chi connectivity index (χ0n) is 17.9. The van der Waals surface area contributed by atoms with Gasteiger partial charge in [0.25, 0.3) is 0 Å². The van der Waals surface area contributed by atoms with E-state index in [9.17, 15) is 9.59 Å². The molecule has 1 unspecified atom stereocenters. The van der Waals surface area contributed by atoms with Gasteiger partial charge in [0, 0.05) is 5.75 Å². The summed E-state index contributed by atoms with van der Waals surface area (Å²) in [6.45, 7) is 1.96. The maximum Gasteiger partial charge on any atom is 0.356 e. The van der Waals surface area contributed by atoms with E-state index in [1.54, 1.807) is 6.92 Å². The van der Waals surface area contributed by atoms with Gasteiger partial charge in [0.2, 0.25) is 5.91 Å². The van der Waals surface area contributed by atoms with Crippen molar-refractivity contribution < 1.29 is 14.3 Å². The van der Waals surface area contributed by atoms with Gasteiger partial charge in [-0.3, -0.25) is 9.69 Å². The third-order valence-electron chi connectivity index (χ3n) is 5.60. The van der Waals surface area contributed by atoms with Crippen LogP contribution in [0.25, 0.3) is 0 Å². The van der Waals surface area contributed by atoms with Crippen LogP contribution in [0.15, 0.2) is 71.9 Å². The Bertz CT molecular complexity index is 1170. The summed E-state index contributed by atoms with van der Waals surface area (Å²) >= 11 is 1.52. The maximum absolute atomic E-state index is 13.6. The van der Waals surface area contributed by atoms with E-state index in [0.717, 1.165) is 11.1 Å². The number of aryl methyl sites for hydroxylation is 1. The second kappa shape index (κ2) is 8.80. The van der Waals surface area contributed by atoms with Crippen molar-refractivity contribution in [3.8, 4) is 0 Å². The SMILES string of the molecule is Cc1nnn(CC2=C(C(=O)OC(c3ccccc3)c3ccccc3)N3C(=O)C(N)[C@H]3SC2)n1. The third-order valence-corrected chi connectivity index (χ3v) is 6.96.